The Morgan fingerprint density at radius 3 is 2.89 bits per heavy atom. The molecule has 1 saturated heterocycles. The molecule has 1 heterocycles. The van der Waals surface area contributed by atoms with Gasteiger partial charge in [-0.3, -0.25) is 9.69 Å². The predicted molar refractivity (Wildman–Crippen MR) is 69.1 cm³/mol. The number of aliphatic carboxylic acids is 1. The lowest BCUT2D eigenvalue weighted by atomic mass is 9.94. The van der Waals surface area contributed by atoms with E-state index < -0.39 is 12.0 Å². The van der Waals surface area contributed by atoms with Crippen molar-refractivity contribution in [3.05, 3.63) is 35.6 Å². The molecule has 1 saturated carbocycles. The number of benzene rings is 1. The van der Waals surface area contributed by atoms with Crippen LogP contribution in [0.4, 0.5) is 4.39 Å². The van der Waals surface area contributed by atoms with Crippen LogP contribution in [0.3, 0.4) is 0 Å². The third-order valence-corrected chi connectivity index (χ3v) is 4.57. The summed E-state index contributed by atoms with van der Waals surface area (Å²) in [6, 6.07) is 6.19. The maximum Gasteiger partial charge on any atom is 0.321 e. The summed E-state index contributed by atoms with van der Waals surface area (Å²) >= 11 is 0. The van der Waals surface area contributed by atoms with E-state index in [1.54, 1.807) is 18.2 Å². The van der Waals surface area contributed by atoms with Gasteiger partial charge in [0.05, 0.1) is 0 Å². The maximum absolute atomic E-state index is 13.7. The highest BCUT2D eigenvalue weighted by molar-refractivity contribution is 5.74. The van der Waals surface area contributed by atoms with Gasteiger partial charge in [-0.25, -0.2) is 4.39 Å². The van der Waals surface area contributed by atoms with Gasteiger partial charge in [0.25, 0.3) is 0 Å². The van der Waals surface area contributed by atoms with Gasteiger partial charge in [-0.1, -0.05) is 24.6 Å². The Morgan fingerprint density at radius 1 is 1.37 bits per heavy atom. The summed E-state index contributed by atoms with van der Waals surface area (Å²) in [5, 5.41) is 9.44. The van der Waals surface area contributed by atoms with Gasteiger partial charge in [0, 0.05) is 18.7 Å². The molecule has 1 aromatic carbocycles. The van der Waals surface area contributed by atoms with Gasteiger partial charge >= 0.3 is 5.97 Å². The monoisotopic (exact) mass is 263 g/mol. The zero-order valence-electron chi connectivity index (χ0n) is 10.8. The van der Waals surface area contributed by atoms with Gasteiger partial charge in [0.15, 0.2) is 0 Å². The molecule has 4 heteroatoms. The summed E-state index contributed by atoms with van der Waals surface area (Å²) in [6.45, 7) is 1.19. The van der Waals surface area contributed by atoms with Gasteiger partial charge in [-0.2, -0.15) is 0 Å². The van der Waals surface area contributed by atoms with E-state index in [2.05, 4.69) is 0 Å². The molecule has 1 aliphatic heterocycles. The molecule has 3 atom stereocenters. The highest BCUT2D eigenvalue weighted by Crippen LogP contribution is 2.42. The Kier molecular flexibility index (Phi) is 3.27. The molecule has 0 bridgehead atoms. The predicted octanol–water partition coefficient (Wildman–Crippen LogP) is 2.51. The Labute approximate surface area is 112 Å². The number of hydrogen-bond donors (Lipinski definition) is 1. The van der Waals surface area contributed by atoms with Gasteiger partial charge in [0.2, 0.25) is 0 Å². The molecule has 3 unspecified atom stereocenters. The van der Waals surface area contributed by atoms with E-state index in [0.717, 1.165) is 25.8 Å². The second-order valence-electron chi connectivity index (χ2n) is 5.66. The second kappa shape index (κ2) is 4.93. The molecule has 3 rings (SSSR count). The summed E-state index contributed by atoms with van der Waals surface area (Å²) in [5.74, 6) is -0.272. The van der Waals surface area contributed by atoms with Crippen molar-refractivity contribution in [3.8, 4) is 0 Å². The maximum atomic E-state index is 13.7. The molecule has 0 spiro atoms. The third kappa shape index (κ3) is 2.25. The number of rotatable bonds is 3. The standard InChI is InChI=1S/C15H18FNO2/c16-13-7-2-1-4-11(13)9-17-8-10-5-3-6-12(10)14(17)15(18)19/h1-2,4,7,10,12,14H,3,5-6,8-9H2,(H,18,19). The Morgan fingerprint density at radius 2 is 2.16 bits per heavy atom. The van der Waals surface area contributed by atoms with Gasteiger partial charge in [-0.05, 0) is 30.7 Å². The first kappa shape index (κ1) is 12.6. The van der Waals surface area contributed by atoms with Crippen LogP contribution in [-0.4, -0.2) is 28.6 Å². The van der Waals surface area contributed by atoms with E-state index in [-0.39, 0.29) is 11.7 Å². The number of hydrogen-bond acceptors (Lipinski definition) is 2. The fourth-order valence-corrected chi connectivity index (χ4v) is 3.74. The van der Waals surface area contributed by atoms with Crippen molar-refractivity contribution in [1.29, 1.82) is 0 Å². The van der Waals surface area contributed by atoms with E-state index in [4.69, 9.17) is 0 Å². The Balaban J connectivity index is 1.81. The molecule has 0 amide bonds. The highest BCUT2D eigenvalue weighted by Gasteiger charge is 2.47. The SMILES string of the molecule is O=C(O)C1C2CCCC2CN1Cc1ccccc1F. The number of carbonyl (C=O) groups is 1. The summed E-state index contributed by atoms with van der Waals surface area (Å²) < 4.78 is 13.7. The number of carboxylic acid groups (broad SMARTS) is 1. The fraction of sp³-hybridized carbons (Fsp3) is 0.533. The van der Waals surface area contributed by atoms with Crippen LogP contribution >= 0.6 is 0 Å². The van der Waals surface area contributed by atoms with Crippen LogP contribution in [0.2, 0.25) is 0 Å². The molecule has 1 N–H and O–H groups in total. The van der Waals surface area contributed by atoms with Crippen LogP contribution < -0.4 is 0 Å². The number of carboxylic acids is 1. The lowest BCUT2D eigenvalue weighted by Crippen LogP contribution is -2.39. The van der Waals surface area contributed by atoms with Gasteiger partial charge in [-0.15, -0.1) is 0 Å². The largest absolute Gasteiger partial charge is 0.480 e. The van der Waals surface area contributed by atoms with Crippen LogP contribution in [0, 0.1) is 17.7 Å². The molecule has 102 valence electrons. The first-order valence-corrected chi connectivity index (χ1v) is 6.87. The van der Waals surface area contributed by atoms with E-state index in [1.807, 2.05) is 4.90 Å². The van der Waals surface area contributed by atoms with E-state index in [1.165, 1.54) is 6.07 Å². The van der Waals surface area contributed by atoms with Crippen molar-refractivity contribution < 1.29 is 14.3 Å². The minimum Gasteiger partial charge on any atom is -0.480 e. The average Bonchev–Trinajstić information content (AvgIpc) is 2.91. The summed E-state index contributed by atoms with van der Waals surface area (Å²) in [5.41, 5.74) is 0.591. The van der Waals surface area contributed by atoms with Crippen LogP contribution in [0.1, 0.15) is 24.8 Å². The molecule has 1 aliphatic carbocycles. The highest BCUT2D eigenvalue weighted by atomic mass is 19.1. The topological polar surface area (TPSA) is 40.5 Å². The molecule has 2 fully saturated rings. The lowest BCUT2D eigenvalue weighted by molar-refractivity contribution is -0.143. The zero-order valence-corrected chi connectivity index (χ0v) is 10.8. The summed E-state index contributed by atoms with van der Waals surface area (Å²) in [4.78, 5) is 13.4. The zero-order chi connectivity index (χ0) is 13.4. The quantitative estimate of drug-likeness (QED) is 0.911. The lowest BCUT2D eigenvalue weighted by Gasteiger charge is -2.24. The van der Waals surface area contributed by atoms with Crippen molar-refractivity contribution in [2.75, 3.05) is 6.54 Å². The second-order valence-corrected chi connectivity index (χ2v) is 5.66. The smallest absolute Gasteiger partial charge is 0.321 e. The van der Waals surface area contributed by atoms with Crippen molar-refractivity contribution >= 4 is 5.97 Å². The first-order chi connectivity index (χ1) is 9.16. The molecule has 3 nitrogen and oxygen atoms in total. The minimum atomic E-state index is -0.759. The van der Waals surface area contributed by atoms with E-state index in [9.17, 15) is 14.3 Å². The van der Waals surface area contributed by atoms with E-state index in [0.29, 0.717) is 18.0 Å². The first-order valence-electron chi connectivity index (χ1n) is 6.87. The van der Waals surface area contributed by atoms with Crippen LogP contribution in [0.15, 0.2) is 24.3 Å². The molecule has 2 aliphatic rings. The molecule has 1 aromatic rings. The fourth-order valence-electron chi connectivity index (χ4n) is 3.74. The van der Waals surface area contributed by atoms with Crippen molar-refractivity contribution in [3.63, 3.8) is 0 Å². The molecule has 0 radical (unpaired) electrons. The van der Waals surface area contributed by atoms with Crippen LogP contribution in [-0.2, 0) is 11.3 Å². The number of nitrogens with zero attached hydrogens (tertiary/aromatic N) is 1. The normalized spacial score (nSPS) is 30.5. The molecular formula is C15H18FNO2. The van der Waals surface area contributed by atoms with Crippen molar-refractivity contribution in [2.24, 2.45) is 11.8 Å². The van der Waals surface area contributed by atoms with Crippen LogP contribution in [0.5, 0.6) is 0 Å². The minimum absolute atomic E-state index is 0.247. The average molecular weight is 263 g/mol. The van der Waals surface area contributed by atoms with Crippen molar-refractivity contribution in [2.45, 2.75) is 31.8 Å². The Hall–Kier alpha value is -1.42. The molecule has 0 aromatic heterocycles. The van der Waals surface area contributed by atoms with E-state index >= 15 is 0 Å². The number of likely N-dealkylation sites (tertiary alicyclic amines) is 1. The molecular weight excluding hydrogens is 245 g/mol. The number of fused-ring (bicyclic) bond motifs is 1. The van der Waals surface area contributed by atoms with Gasteiger partial charge in [0.1, 0.15) is 11.9 Å². The molecule has 19 heavy (non-hydrogen) atoms. The van der Waals surface area contributed by atoms with Gasteiger partial charge < -0.3 is 5.11 Å². The number of halogens is 1. The van der Waals surface area contributed by atoms with Crippen molar-refractivity contribution in [1.82, 2.24) is 4.90 Å². The summed E-state index contributed by atoms with van der Waals surface area (Å²) in [7, 11) is 0. The summed E-state index contributed by atoms with van der Waals surface area (Å²) in [6.07, 6.45) is 3.24. The van der Waals surface area contributed by atoms with Crippen LogP contribution in [0.25, 0.3) is 0 Å². The Bertz CT molecular complexity index is 491. The third-order valence-electron chi connectivity index (χ3n) is 4.57.